The van der Waals surface area contributed by atoms with Gasteiger partial charge in [-0.3, -0.25) is 14.4 Å². The van der Waals surface area contributed by atoms with Crippen molar-refractivity contribution in [2.24, 2.45) is 17.8 Å². The minimum Gasteiger partial charge on any atom is -0.299 e. The molecule has 5 rings (SSSR count). The summed E-state index contributed by atoms with van der Waals surface area (Å²) in [6, 6.07) is 5.47. The zero-order valence-electron chi connectivity index (χ0n) is 11.9. The third kappa shape index (κ3) is 1.86. The highest BCUT2D eigenvalue weighted by atomic mass is 79.9. The predicted molar refractivity (Wildman–Crippen MR) is 87.7 cm³/mol. The van der Waals surface area contributed by atoms with E-state index in [2.05, 4.69) is 15.9 Å². The monoisotopic (exact) mass is 379 g/mol. The first-order valence-electron chi connectivity index (χ1n) is 7.27. The Balaban J connectivity index is 1.77. The van der Waals surface area contributed by atoms with E-state index >= 15 is 0 Å². The SMILES string of the molecule is Cc1cc(N2C(=O)[C@@H]3C4CSC(CC4=O)[C@@H]3C2=O)ccc1Br. The van der Waals surface area contributed by atoms with E-state index in [9.17, 15) is 14.4 Å². The summed E-state index contributed by atoms with van der Waals surface area (Å²) in [4.78, 5) is 39.0. The molecular weight excluding hydrogens is 366 g/mol. The largest absolute Gasteiger partial charge is 0.299 e. The van der Waals surface area contributed by atoms with E-state index in [1.165, 1.54) is 4.90 Å². The van der Waals surface area contributed by atoms with Crippen molar-refractivity contribution in [2.45, 2.75) is 18.6 Å². The smallest absolute Gasteiger partial charge is 0.238 e. The molecule has 1 aliphatic carbocycles. The molecule has 2 bridgehead atoms. The molecule has 1 aromatic carbocycles. The van der Waals surface area contributed by atoms with Crippen molar-refractivity contribution in [2.75, 3.05) is 10.7 Å². The quantitative estimate of drug-likeness (QED) is 0.703. The second kappa shape index (κ2) is 4.93. The summed E-state index contributed by atoms with van der Waals surface area (Å²) in [6.07, 6.45) is 0.433. The molecule has 114 valence electrons. The number of carbonyl (C=O) groups excluding carboxylic acids is 3. The van der Waals surface area contributed by atoms with Gasteiger partial charge in [0.25, 0.3) is 0 Å². The minimum absolute atomic E-state index is 0.0273. The van der Waals surface area contributed by atoms with Crippen molar-refractivity contribution >= 4 is 51.0 Å². The molecule has 4 nitrogen and oxygen atoms in total. The van der Waals surface area contributed by atoms with Gasteiger partial charge in [0.2, 0.25) is 11.8 Å². The number of halogens is 1. The van der Waals surface area contributed by atoms with Crippen LogP contribution in [-0.4, -0.2) is 28.6 Å². The number of hydrogen-bond acceptors (Lipinski definition) is 4. The number of hydrogen-bond donors (Lipinski definition) is 0. The Bertz CT molecular complexity index is 719. The van der Waals surface area contributed by atoms with Crippen LogP contribution in [0.1, 0.15) is 12.0 Å². The maximum absolute atomic E-state index is 12.8. The van der Waals surface area contributed by atoms with Crippen molar-refractivity contribution in [3.05, 3.63) is 28.2 Å². The van der Waals surface area contributed by atoms with Crippen LogP contribution in [0.2, 0.25) is 0 Å². The third-order valence-electron chi connectivity index (χ3n) is 4.94. The second-order valence-corrected chi connectivity index (χ2v) is 8.27. The number of fused-ring (bicyclic) bond motifs is 2. The van der Waals surface area contributed by atoms with E-state index in [4.69, 9.17) is 0 Å². The van der Waals surface area contributed by atoms with Gasteiger partial charge in [-0.1, -0.05) is 15.9 Å². The fraction of sp³-hybridized carbons (Fsp3) is 0.438. The summed E-state index contributed by atoms with van der Waals surface area (Å²) in [5.74, 6) is -0.539. The molecule has 0 radical (unpaired) electrons. The van der Waals surface area contributed by atoms with Crippen molar-refractivity contribution in [3.8, 4) is 0 Å². The fourth-order valence-electron chi connectivity index (χ4n) is 3.81. The van der Waals surface area contributed by atoms with Crippen LogP contribution in [-0.2, 0) is 14.4 Å². The Morgan fingerprint density at radius 3 is 2.59 bits per heavy atom. The molecule has 4 aliphatic rings. The van der Waals surface area contributed by atoms with E-state index in [1.54, 1.807) is 17.8 Å². The highest BCUT2D eigenvalue weighted by Gasteiger charge is 2.61. The lowest BCUT2D eigenvalue weighted by atomic mass is 9.72. The summed E-state index contributed by atoms with van der Waals surface area (Å²) in [7, 11) is 0. The van der Waals surface area contributed by atoms with Gasteiger partial charge in [-0.15, -0.1) is 0 Å². The first-order chi connectivity index (χ1) is 10.5. The molecule has 1 aromatic rings. The number of nitrogens with zero attached hydrogens (tertiary/aromatic N) is 1. The van der Waals surface area contributed by atoms with Gasteiger partial charge in [-0.2, -0.15) is 11.8 Å². The number of thioether (sulfide) groups is 1. The summed E-state index contributed by atoms with van der Waals surface area (Å²) < 4.78 is 0.943. The van der Waals surface area contributed by atoms with Crippen LogP contribution in [0.15, 0.2) is 22.7 Å². The second-order valence-electron chi connectivity index (χ2n) is 6.15. The summed E-state index contributed by atoms with van der Waals surface area (Å²) in [6.45, 7) is 1.93. The molecule has 0 N–H and O–H groups in total. The Kier molecular flexibility index (Phi) is 3.24. The average Bonchev–Trinajstić information content (AvgIpc) is 2.76. The van der Waals surface area contributed by atoms with Crippen LogP contribution >= 0.6 is 27.7 Å². The zero-order valence-corrected chi connectivity index (χ0v) is 14.3. The Morgan fingerprint density at radius 2 is 1.91 bits per heavy atom. The highest BCUT2D eigenvalue weighted by molar-refractivity contribution is 9.10. The molecule has 1 saturated carbocycles. The first-order valence-corrected chi connectivity index (χ1v) is 9.11. The van der Waals surface area contributed by atoms with E-state index in [0.717, 1.165) is 10.0 Å². The lowest BCUT2D eigenvalue weighted by Crippen LogP contribution is -2.49. The van der Waals surface area contributed by atoms with E-state index in [1.807, 2.05) is 19.1 Å². The zero-order chi connectivity index (χ0) is 15.6. The molecule has 4 fully saturated rings. The van der Waals surface area contributed by atoms with Crippen LogP contribution in [0.25, 0.3) is 0 Å². The number of aryl methyl sites for hydroxylation is 1. The molecule has 22 heavy (non-hydrogen) atoms. The summed E-state index contributed by atoms with van der Waals surface area (Å²) >= 11 is 5.10. The van der Waals surface area contributed by atoms with Crippen molar-refractivity contribution < 1.29 is 14.4 Å². The van der Waals surface area contributed by atoms with Gasteiger partial charge in [0.05, 0.1) is 17.5 Å². The highest BCUT2D eigenvalue weighted by Crippen LogP contribution is 2.51. The number of ketones is 1. The predicted octanol–water partition coefficient (Wildman–Crippen LogP) is 2.57. The van der Waals surface area contributed by atoms with Crippen molar-refractivity contribution in [1.82, 2.24) is 0 Å². The number of carbonyl (C=O) groups is 3. The maximum Gasteiger partial charge on any atom is 0.238 e. The van der Waals surface area contributed by atoms with Gasteiger partial charge in [-0.25, -0.2) is 4.90 Å². The molecule has 0 aromatic heterocycles. The van der Waals surface area contributed by atoms with E-state index in [0.29, 0.717) is 17.9 Å². The molecule has 0 spiro atoms. The minimum atomic E-state index is -0.441. The molecular formula is C16H14BrNO3S. The van der Waals surface area contributed by atoms with Gasteiger partial charge in [0, 0.05) is 27.8 Å². The molecule has 6 heteroatoms. The molecule has 3 aliphatic heterocycles. The van der Waals surface area contributed by atoms with Crippen molar-refractivity contribution in [1.29, 1.82) is 0 Å². The maximum atomic E-state index is 12.8. The Labute approximate surface area is 140 Å². The molecule has 2 amide bonds. The van der Waals surface area contributed by atoms with Crippen LogP contribution in [0.4, 0.5) is 5.69 Å². The standard InChI is InChI=1S/C16H14BrNO3S/c1-7-4-8(2-3-10(7)17)18-15(20)13-9-6-22-12(5-11(9)19)14(13)16(18)21/h2-4,9,12-14H,5-6H2,1H3/t9?,12?,13-,14+/m1/s1. The van der Waals surface area contributed by atoms with Crippen molar-refractivity contribution in [3.63, 3.8) is 0 Å². The van der Waals surface area contributed by atoms with Gasteiger partial charge in [0.15, 0.2) is 0 Å². The van der Waals surface area contributed by atoms with Crippen LogP contribution in [0.5, 0.6) is 0 Å². The van der Waals surface area contributed by atoms with E-state index in [-0.39, 0.29) is 34.7 Å². The third-order valence-corrected chi connectivity index (χ3v) is 7.27. The van der Waals surface area contributed by atoms with Gasteiger partial charge >= 0.3 is 0 Å². The number of rotatable bonds is 1. The normalized spacial score (nSPS) is 33.5. The first kappa shape index (κ1) is 14.5. The number of benzene rings is 1. The lowest BCUT2D eigenvalue weighted by Gasteiger charge is -2.40. The summed E-state index contributed by atoms with van der Waals surface area (Å²) in [5.41, 5.74) is 1.59. The molecule has 4 atom stereocenters. The Hall–Kier alpha value is -1.14. The number of imide groups is 1. The lowest BCUT2D eigenvalue weighted by molar-refractivity contribution is -0.134. The number of Topliss-reactive ketones (excluding diaryl/α,β-unsaturated/α-hetero) is 1. The number of amides is 2. The van der Waals surface area contributed by atoms with Crippen LogP contribution < -0.4 is 4.90 Å². The van der Waals surface area contributed by atoms with Gasteiger partial charge < -0.3 is 0 Å². The van der Waals surface area contributed by atoms with Gasteiger partial charge in [0.1, 0.15) is 5.78 Å². The molecule has 3 heterocycles. The van der Waals surface area contributed by atoms with Crippen LogP contribution in [0, 0.1) is 24.7 Å². The fourth-order valence-corrected chi connectivity index (χ4v) is 5.68. The topological polar surface area (TPSA) is 54.5 Å². The molecule has 2 unspecified atom stereocenters. The van der Waals surface area contributed by atoms with E-state index < -0.39 is 5.92 Å². The van der Waals surface area contributed by atoms with Crippen LogP contribution in [0.3, 0.4) is 0 Å². The number of anilines is 1. The molecule has 3 saturated heterocycles. The Morgan fingerprint density at radius 1 is 1.18 bits per heavy atom. The summed E-state index contributed by atoms with van der Waals surface area (Å²) in [5, 5.41) is -0.0273. The average molecular weight is 380 g/mol. The van der Waals surface area contributed by atoms with Gasteiger partial charge in [-0.05, 0) is 30.7 Å².